The molecule has 0 spiro atoms. The molecule has 0 aliphatic carbocycles. The van der Waals surface area contributed by atoms with Crippen molar-refractivity contribution in [3.63, 3.8) is 0 Å². The van der Waals surface area contributed by atoms with Gasteiger partial charge in [-0.1, -0.05) is 12.1 Å². The highest BCUT2D eigenvalue weighted by Gasteiger charge is 2.36. The van der Waals surface area contributed by atoms with Crippen LogP contribution < -0.4 is 0 Å². The Labute approximate surface area is 131 Å². The highest BCUT2D eigenvalue weighted by molar-refractivity contribution is 5.46. The maximum Gasteiger partial charge on any atom is 0.123 e. The molecule has 1 aromatic rings. The molecule has 0 radical (unpaired) electrons. The van der Waals surface area contributed by atoms with Crippen molar-refractivity contribution in [3.05, 3.63) is 41.7 Å². The van der Waals surface area contributed by atoms with Gasteiger partial charge in [-0.05, 0) is 56.8 Å². The van der Waals surface area contributed by atoms with Gasteiger partial charge in [0, 0.05) is 25.1 Å². The molecule has 1 heterocycles. The molecule has 2 rings (SSSR count). The zero-order valence-electron chi connectivity index (χ0n) is 13.1. The Morgan fingerprint density at radius 3 is 2.82 bits per heavy atom. The number of aryl methyl sites for hydroxylation is 1. The number of halogens is 1. The maximum atomic E-state index is 12.8. The summed E-state index contributed by atoms with van der Waals surface area (Å²) in [6.45, 7) is 4.31. The topological polar surface area (TPSA) is 40.5 Å². The summed E-state index contributed by atoms with van der Waals surface area (Å²) < 4.78 is 12.8. The van der Waals surface area contributed by atoms with Gasteiger partial charge in [-0.2, -0.15) is 0 Å². The van der Waals surface area contributed by atoms with E-state index < -0.39 is 5.60 Å². The summed E-state index contributed by atoms with van der Waals surface area (Å²) in [5.41, 5.74) is 0.354. The summed E-state index contributed by atoms with van der Waals surface area (Å²) in [4.78, 5) is 12.9. The number of rotatable bonds is 6. The SMILES string of the molecule is C[C@]1(O)CCN(CCCCc2ccc(F)cc2)C[C@@H]1C=C=O. The fraction of sp³-hybridized carbons (Fsp3) is 0.556. The van der Waals surface area contributed by atoms with Crippen LogP contribution in [-0.4, -0.2) is 41.2 Å². The van der Waals surface area contributed by atoms with Crippen LogP contribution in [0.15, 0.2) is 30.3 Å². The molecule has 0 aromatic heterocycles. The number of nitrogens with zero attached hydrogens (tertiary/aromatic N) is 1. The van der Waals surface area contributed by atoms with Crippen LogP contribution in [-0.2, 0) is 11.2 Å². The van der Waals surface area contributed by atoms with E-state index in [0.29, 0.717) is 13.0 Å². The Bertz CT molecular complexity index is 520. The fourth-order valence-electron chi connectivity index (χ4n) is 2.97. The number of hydrogen-bond donors (Lipinski definition) is 1. The fourth-order valence-corrected chi connectivity index (χ4v) is 2.97. The molecule has 1 N–H and O–H groups in total. The molecule has 1 aromatic carbocycles. The Balaban J connectivity index is 1.73. The van der Waals surface area contributed by atoms with Crippen LogP contribution in [0.3, 0.4) is 0 Å². The molecule has 0 bridgehead atoms. The first-order valence-corrected chi connectivity index (χ1v) is 7.91. The van der Waals surface area contributed by atoms with Gasteiger partial charge in [0.1, 0.15) is 11.8 Å². The Morgan fingerprint density at radius 1 is 1.41 bits per heavy atom. The second-order valence-electron chi connectivity index (χ2n) is 6.38. The van der Waals surface area contributed by atoms with Crippen LogP contribution in [0.5, 0.6) is 0 Å². The van der Waals surface area contributed by atoms with E-state index in [9.17, 15) is 14.3 Å². The van der Waals surface area contributed by atoms with Crippen molar-refractivity contribution in [1.29, 1.82) is 0 Å². The van der Waals surface area contributed by atoms with Crippen molar-refractivity contribution in [3.8, 4) is 0 Å². The molecule has 2 atom stereocenters. The average molecular weight is 305 g/mol. The van der Waals surface area contributed by atoms with Crippen LogP contribution in [0.2, 0.25) is 0 Å². The molecule has 0 unspecified atom stereocenters. The minimum Gasteiger partial charge on any atom is -0.389 e. The molecule has 120 valence electrons. The van der Waals surface area contributed by atoms with Gasteiger partial charge in [-0.25, -0.2) is 9.18 Å². The van der Waals surface area contributed by atoms with Crippen LogP contribution in [0.25, 0.3) is 0 Å². The Kier molecular flexibility index (Phi) is 5.90. The zero-order valence-corrected chi connectivity index (χ0v) is 13.1. The molecule has 1 aliphatic heterocycles. The minimum atomic E-state index is -0.804. The maximum absolute atomic E-state index is 12.8. The first kappa shape index (κ1) is 16.9. The molecule has 1 saturated heterocycles. The predicted octanol–water partition coefficient (Wildman–Crippen LogP) is 2.61. The molecule has 0 saturated carbocycles. The number of unbranched alkanes of at least 4 members (excludes halogenated alkanes) is 1. The first-order valence-electron chi connectivity index (χ1n) is 7.91. The van der Waals surface area contributed by atoms with E-state index in [0.717, 1.165) is 37.9 Å². The molecule has 1 fully saturated rings. The van der Waals surface area contributed by atoms with Gasteiger partial charge in [-0.3, -0.25) is 0 Å². The van der Waals surface area contributed by atoms with E-state index in [1.54, 1.807) is 6.92 Å². The highest BCUT2D eigenvalue weighted by atomic mass is 19.1. The van der Waals surface area contributed by atoms with E-state index in [-0.39, 0.29) is 11.7 Å². The largest absolute Gasteiger partial charge is 0.389 e. The summed E-state index contributed by atoms with van der Waals surface area (Å²) in [7, 11) is 0. The number of carbonyl (C=O) groups excluding carboxylic acids is 1. The third-order valence-electron chi connectivity index (χ3n) is 4.56. The van der Waals surface area contributed by atoms with Gasteiger partial charge in [0.05, 0.1) is 5.60 Å². The lowest BCUT2D eigenvalue weighted by molar-refractivity contribution is -0.0391. The van der Waals surface area contributed by atoms with Gasteiger partial charge in [-0.15, -0.1) is 0 Å². The van der Waals surface area contributed by atoms with Gasteiger partial charge in [0.15, 0.2) is 0 Å². The molecule has 0 amide bonds. The van der Waals surface area contributed by atoms with Crippen molar-refractivity contribution < 1.29 is 14.3 Å². The van der Waals surface area contributed by atoms with E-state index in [4.69, 9.17) is 0 Å². The zero-order chi connectivity index (χ0) is 16.0. The smallest absolute Gasteiger partial charge is 0.123 e. The standard InChI is InChI=1S/C18H24FNO2/c1-18(22)10-12-20(14-16(18)9-13-21)11-3-2-4-15-5-7-17(19)8-6-15/h5-9,16,22H,2-4,10-12,14H2,1H3/t16-,18-/m0/s1. The summed E-state index contributed by atoms with van der Waals surface area (Å²) in [5, 5.41) is 10.3. The second kappa shape index (κ2) is 7.68. The molecular weight excluding hydrogens is 281 g/mol. The Morgan fingerprint density at radius 2 is 2.14 bits per heavy atom. The molecular formula is C18H24FNO2. The van der Waals surface area contributed by atoms with Crippen molar-refractivity contribution in [2.24, 2.45) is 5.92 Å². The van der Waals surface area contributed by atoms with Crippen LogP contribution in [0.1, 0.15) is 31.7 Å². The predicted molar refractivity (Wildman–Crippen MR) is 84.8 cm³/mol. The van der Waals surface area contributed by atoms with Gasteiger partial charge in [0.2, 0.25) is 0 Å². The Hall–Kier alpha value is -1.48. The lowest BCUT2D eigenvalue weighted by Crippen LogP contribution is -2.49. The number of hydrogen-bond acceptors (Lipinski definition) is 3. The molecule has 22 heavy (non-hydrogen) atoms. The average Bonchev–Trinajstić information content (AvgIpc) is 2.49. The van der Waals surface area contributed by atoms with E-state index in [2.05, 4.69) is 4.90 Å². The lowest BCUT2D eigenvalue weighted by Gasteiger charge is -2.41. The van der Waals surface area contributed by atoms with Gasteiger partial charge >= 0.3 is 0 Å². The van der Waals surface area contributed by atoms with Crippen molar-refractivity contribution in [2.45, 2.75) is 38.2 Å². The van der Waals surface area contributed by atoms with Gasteiger partial charge < -0.3 is 10.0 Å². The van der Waals surface area contributed by atoms with E-state index >= 15 is 0 Å². The van der Waals surface area contributed by atoms with Gasteiger partial charge in [0.25, 0.3) is 0 Å². The normalized spacial score (nSPS) is 25.7. The number of benzene rings is 1. The summed E-state index contributed by atoms with van der Waals surface area (Å²) >= 11 is 0. The second-order valence-corrected chi connectivity index (χ2v) is 6.38. The first-order chi connectivity index (χ1) is 10.5. The van der Waals surface area contributed by atoms with Crippen LogP contribution >= 0.6 is 0 Å². The highest BCUT2D eigenvalue weighted by Crippen LogP contribution is 2.28. The third-order valence-corrected chi connectivity index (χ3v) is 4.56. The third kappa shape index (κ3) is 4.77. The van der Waals surface area contributed by atoms with Crippen LogP contribution in [0.4, 0.5) is 4.39 Å². The summed E-state index contributed by atoms with van der Waals surface area (Å²) in [6, 6.07) is 6.66. The van der Waals surface area contributed by atoms with E-state index in [1.165, 1.54) is 18.2 Å². The van der Waals surface area contributed by atoms with Crippen molar-refractivity contribution in [1.82, 2.24) is 4.90 Å². The molecule has 1 aliphatic rings. The quantitative estimate of drug-likeness (QED) is 0.649. The summed E-state index contributed by atoms with van der Waals surface area (Å²) in [5.74, 6) is 1.48. The van der Waals surface area contributed by atoms with Crippen molar-refractivity contribution >= 4 is 5.94 Å². The monoisotopic (exact) mass is 305 g/mol. The summed E-state index contributed by atoms with van der Waals surface area (Å²) in [6.07, 6.45) is 5.17. The molecule has 4 heteroatoms. The van der Waals surface area contributed by atoms with Crippen molar-refractivity contribution in [2.75, 3.05) is 19.6 Å². The minimum absolute atomic E-state index is 0.143. The number of aliphatic hydroxyl groups is 1. The van der Waals surface area contributed by atoms with E-state index in [1.807, 2.05) is 18.1 Å². The lowest BCUT2D eigenvalue weighted by atomic mass is 9.82. The number of piperidine rings is 1. The molecule has 3 nitrogen and oxygen atoms in total. The van der Waals surface area contributed by atoms with Crippen LogP contribution in [0, 0.1) is 11.7 Å². The number of likely N-dealkylation sites (tertiary alicyclic amines) is 1.